The minimum atomic E-state index is -1.30. The lowest BCUT2D eigenvalue weighted by molar-refractivity contribution is 0.0684. The van der Waals surface area contributed by atoms with Gasteiger partial charge < -0.3 is 15.3 Å². The lowest BCUT2D eigenvalue weighted by Crippen LogP contribution is -1.97. The number of carboxylic acids is 2. The Balaban J connectivity index is 2.21. The van der Waals surface area contributed by atoms with Crippen molar-refractivity contribution in [3.05, 3.63) is 65.7 Å². The summed E-state index contributed by atoms with van der Waals surface area (Å²) in [6.45, 7) is 0. The smallest absolute Gasteiger partial charge is 0.339 e. The summed E-state index contributed by atoms with van der Waals surface area (Å²) in [7, 11) is 0. The zero-order valence-corrected chi connectivity index (χ0v) is 12.7. The lowest BCUT2D eigenvalue weighted by atomic mass is 10.0. The molecular formula is C18H12N2O5. The maximum Gasteiger partial charge on any atom is 0.339 e. The lowest BCUT2D eigenvalue weighted by Gasteiger charge is -2.07. The number of carbonyl (C=O) groups is 2. The van der Waals surface area contributed by atoms with Gasteiger partial charge in [-0.15, -0.1) is 10.2 Å². The number of benzene rings is 3. The first-order valence-electron chi connectivity index (χ1n) is 7.21. The molecule has 0 unspecified atom stereocenters. The second kappa shape index (κ2) is 6.40. The molecule has 3 N–H and O–H groups in total. The van der Waals surface area contributed by atoms with E-state index in [2.05, 4.69) is 10.2 Å². The van der Waals surface area contributed by atoms with Gasteiger partial charge in [0.2, 0.25) is 0 Å². The molecule has 0 atom stereocenters. The Bertz CT molecular complexity index is 1030. The van der Waals surface area contributed by atoms with Crippen LogP contribution in [0.5, 0.6) is 5.75 Å². The van der Waals surface area contributed by atoms with Crippen LogP contribution in [0.15, 0.2) is 64.8 Å². The van der Waals surface area contributed by atoms with E-state index in [1.807, 2.05) is 0 Å². The summed E-state index contributed by atoms with van der Waals surface area (Å²) in [5, 5.41) is 37.6. The van der Waals surface area contributed by atoms with E-state index in [9.17, 15) is 24.9 Å². The van der Waals surface area contributed by atoms with Gasteiger partial charge in [0.15, 0.2) is 5.75 Å². The number of carboxylic acid groups (broad SMARTS) is 2. The van der Waals surface area contributed by atoms with Gasteiger partial charge >= 0.3 is 11.9 Å². The van der Waals surface area contributed by atoms with Crippen molar-refractivity contribution in [1.29, 1.82) is 0 Å². The molecule has 0 aliphatic heterocycles. The Labute approximate surface area is 141 Å². The highest BCUT2D eigenvalue weighted by Gasteiger charge is 2.17. The van der Waals surface area contributed by atoms with Gasteiger partial charge in [0.1, 0.15) is 16.9 Å². The third-order valence-electron chi connectivity index (χ3n) is 3.62. The highest BCUT2D eigenvalue weighted by Crippen LogP contribution is 2.39. The van der Waals surface area contributed by atoms with Gasteiger partial charge in [0.05, 0.1) is 5.56 Å². The zero-order chi connectivity index (χ0) is 18.0. The van der Waals surface area contributed by atoms with Crippen LogP contribution in [0.2, 0.25) is 0 Å². The van der Waals surface area contributed by atoms with Crippen LogP contribution in [0.1, 0.15) is 20.7 Å². The van der Waals surface area contributed by atoms with Crippen molar-refractivity contribution in [3.8, 4) is 5.75 Å². The minimum absolute atomic E-state index is 0.0318. The molecule has 7 nitrogen and oxygen atoms in total. The molecule has 3 rings (SSSR count). The monoisotopic (exact) mass is 336 g/mol. The number of aromatic hydroxyl groups is 1. The van der Waals surface area contributed by atoms with Crippen molar-refractivity contribution in [1.82, 2.24) is 0 Å². The van der Waals surface area contributed by atoms with E-state index < -0.39 is 17.7 Å². The minimum Gasteiger partial charge on any atom is -0.505 e. The Morgan fingerprint density at radius 1 is 0.800 bits per heavy atom. The fourth-order valence-electron chi connectivity index (χ4n) is 2.43. The Morgan fingerprint density at radius 2 is 1.44 bits per heavy atom. The first-order valence-corrected chi connectivity index (χ1v) is 7.21. The van der Waals surface area contributed by atoms with Crippen LogP contribution in [0.4, 0.5) is 11.4 Å². The first kappa shape index (κ1) is 16.1. The zero-order valence-electron chi connectivity index (χ0n) is 12.7. The number of phenols is 1. The molecule has 124 valence electrons. The molecule has 0 amide bonds. The van der Waals surface area contributed by atoms with Gasteiger partial charge in [0, 0.05) is 5.39 Å². The predicted octanol–water partition coefficient (Wildman–Crippen LogP) is 4.36. The number of nitrogens with zero attached hydrogens (tertiary/aromatic N) is 2. The standard InChI is InChI=1S/C18H12N2O5/c21-16-13(18(24)25)9-10-5-1-2-6-11(10)15(16)20-19-14-8-4-3-7-12(14)17(22)23/h1-9,21H,(H,22,23)(H,24,25). The average Bonchev–Trinajstić information content (AvgIpc) is 2.60. The summed E-state index contributed by atoms with van der Waals surface area (Å²) in [5.74, 6) is -2.99. The number of hydrogen-bond donors (Lipinski definition) is 3. The summed E-state index contributed by atoms with van der Waals surface area (Å²) in [5.41, 5.74) is -0.293. The number of fused-ring (bicyclic) bond motifs is 1. The number of azo groups is 1. The van der Waals surface area contributed by atoms with Gasteiger partial charge in [-0.1, -0.05) is 36.4 Å². The molecule has 0 aliphatic carbocycles. The van der Waals surface area contributed by atoms with Gasteiger partial charge in [-0.25, -0.2) is 9.59 Å². The molecular weight excluding hydrogens is 324 g/mol. The second-order valence-corrected chi connectivity index (χ2v) is 5.17. The molecule has 0 radical (unpaired) electrons. The Morgan fingerprint density at radius 3 is 2.16 bits per heavy atom. The molecule has 7 heteroatoms. The first-order chi connectivity index (χ1) is 12.0. The molecule has 0 saturated carbocycles. The molecule has 0 aromatic heterocycles. The number of aromatic carboxylic acids is 2. The van der Waals surface area contributed by atoms with Crippen LogP contribution in [0.3, 0.4) is 0 Å². The van der Waals surface area contributed by atoms with E-state index in [4.69, 9.17) is 0 Å². The molecule has 0 fully saturated rings. The maximum absolute atomic E-state index is 11.3. The summed E-state index contributed by atoms with van der Waals surface area (Å²) in [4.78, 5) is 22.6. The van der Waals surface area contributed by atoms with Crippen molar-refractivity contribution in [2.45, 2.75) is 0 Å². The van der Waals surface area contributed by atoms with E-state index in [1.54, 1.807) is 36.4 Å². The molecule has 3 aromatic rings. The Kier molecular flexibility index (Phi) is 4.13. The van der Waals surface area contributed by atoms with Crippen molar-refractivity contribution in [2.24, 2.45) is 10.2 Å². The van der Waals surface area contributed by atoms with E-state index in [1.165, 1.54) is 18.2 Å². The van der Waals surface area contributed by atoms with E-state index in [-0.39, 0.29) is 22.5 Å². The third kappa shape index (κ3) is 3.02. The van der Waals surface area contributed by atoms with Crippen LogP contribution >= 0.6 is 0 Å². The van der Waals surface area contributed by atoms with Crippen molar-refractivity contribution < 1.29 is 24.9 Å². The van der Waals surface area contributed by atoms with Crippen LogP contribution in [0, 0.1) is 0 Å². The summed E-state index contributed by atoms with van der Waals surface area (Å²) >= 11 is 0. The fourth-order valence-corrected chi connectivity index (χ4v) is 2.43. The topological polar surface area (TPSA) is 120 Å². The number of hydrogen-bond acceptors (Lipinski definition) is 5. The van der Waals surface area contributed by atoms with Gasteiger partial charge in [0.25, 0.3) is 0 Å². The quantitative estimate of drug-likeness (QED) is 0.612. The van der Waals surface area contributed by atoms with E-state index in [0.717, 1.165) is 0 Å². The molecule has 3 aromatic carbocycles. The van der Waals surface area contributed by atoms with Crippen LogP contribution in [0.25, 0.3) is 10.8 Å². The summed E-state index contributed by atoms with van der Waals surface area (Å²) < 4.78 is 0. The van der Waals surface area contributed by atoms with Crippen LogP contribution in [-0.2, 0) is 0 Å². The molecule has 0 spiro atoms. The molecule has 0 saturated heterocycles. The highest BCUT2D eigenvalue weighted by molar-refractivity contribution is 6.04. The molecule has 25 heavy (non-hydrogen) atoms. The summed E-state index contributed by atoms with van der Waals surface area (Å²) in [6.07, 6.45) is 0. The van der Waals surface area contributed by atoms with Crippen molar-refractivity contribution in [3.63, 3.8) is 0 Å². The summed E-state index contributed by atoms with van der Waals surface area (Å²) in [6, 6.07) is 14.1. The van der Waals surface area contributed by atoms with Crippen molar-refractivity contribution >= 4 is 34.1 Å². The van der Waals surface area contributed by atoms with Gasteiger partial charge in [-0.05, 0) is 23.6 Å². The van der Waals surface area contributed by atoms with Gasteiger partial charge in [-0.3, -0.25) is 0 Å². The highest BCUT2D eigenvalue weighted by atomic mass is 16.4. The fraction of sp³-hybridized carbons (Fsp3) is 0. The van der Waals surface area contributed by atoms with E-state index >= 15 is 0 Å². The van der Waals surface area contributed by atoms with E-state index in [0.29, 0.717) is 10.8 Å². The largest absolute Gasteiger partial charge is 0.505 e. The average molecular weight is 336 g/mol. The maximum atomic E-state index is 11.3. The second-order valence-electron chi connectivity index (χ2n) is 5.17. The number of rotatable bonds is 4. The molecule has 0 heterocycles. The third-order valence-corrected chi connectivity index (χ3v) is 3.62. The predicted molar refractivity (Wildman–Crippen MR) is 90.1 cm³/mol. The Hall–Kier alpha value is -3.74. The molecule has 0 bridgehead atoms. The molecule has 0 aliphatic rings. The van der Waals surface area contributed by atoms with Crippen LogP contribution in [-0.4, -0.2) is 27.3 Å². The normalized spacial score (nSPS) is 11.0. The van der Waals surface area contributed by atoms with Crippen LogP contribution < -0.4 is 0 Å². The SMILES string of the molecule is O=C(O)c1ccccc1N=Nc1c(O)c(C(=O)O)cc2ccccc12. The van der Waals surface area contributed by atoms with Crippen molar-refractivity contribution in [2.75, 3.05) is 0 Å². The van der Waals surface area contributed by atoms with Gasteiger partial charge in [-0.2, -0.15) is 0 Å².